The van der Waals surface area contributed by atoms with E-state index in [1.54, 1.807) is 11.8 Å². The van der Waals surface area contributed by atoms with Crippen LogP contribution in [0.5, 0.6) is 0 Å². The van der Waals surface area contributed by atoms with Crippen molar-refractivity contribution in [3.63, 3.8) is 0 Å². The van der Waals surface area contributed by atoms with Gasteiger partial charge >= 0.3 is 0 Å². The zero-order valence-electron chi connectivity index (χ0n) is 13.6. The van der Waals surface area contributed by atoms with Gasteiger partial charge in [-0.2, -0.15) is 0 Å². The molecular formula is C15H26N4OS. The minimum Gasteiger partial charge on any atom is -0.368 e. The van der Waals surface area contributed by atoms with Crippen molar-refractivity contribution in [2.24, 2.45) is 5.73 Å². The molecule has 0 spiro atoms. The van der Waals surface area contributed by atoms with E-state index in [1.807, 2.05) is 34.6 Å². The Morgan fingerprint density at radius 3 is 2.33 bits per heavy atom. The maximum absolute atomic E-state index is 11.5. The lowest BCUT2D eigenvalue weighted by molar-refractivity contribution is -0.124. The number of primary amides is 1. The number of aromatic nitrogens is 2. The summed E-state index contributed by atoms with van der Waals surface area (Å²) in [5.74, 6) is 0.573. The van der Waals surface area contributed by atoms with Crippen molar-refractivity contribution >= 4 is 17.7 Å². The van der Waals surface area contributed by atoms with Gasteiger partial charge < -0.3 is 11.1 Å². The fourth-order valence-corrected chi connectivity index (χ4v) is 2.96. The molecule has 118 valence electrons. The van der Waals surface area contributed by atoms with Gasteiger partial charge in [-0.25, -0.2) is 9.97 Å². The summed E-state index contributed by atoms with van der Waals surface area (Å²) in [5, 5.41) is 3.97. The first kappa shape index (κ1) is 17.9. The predicted molar refractivity (Wildman–Crippen MR) is 87.5 cm³/mol. The molecule has 0 bridgehead atoms. The lowest BCUT2D eigenvalue weighted by Crippen LogP contribution is -2.53. The van der Waals surface area contributed by atoms with Gasteiger partial charge in [-0.05, 0) is 52.6 Å². The van der Waals surface area contributed by atoms with Crippen molar-refractivity contribution in [1.82, 2.24) is 15.3 Å². The molecule has 1 atom stereocenters. The highest BCUT2D eigenvalue weighted by Crippen LogP contribution is 2.20. The van der Waals surface area contributed by atoms with Crippen molar-refractivity contribution in [2.45, 2.75) is 58.2 Å². The molecule has 1 unspecified atom stereocenters. The summed E-state index contributed by atoms with van der Waals surface area (Å²) >= 11 is 1.63. The normalized spacial score (nSPS) is 14.0. The number of carbonyl (C=O) groups excluding carboxylic acids is 1. The minimum atomic E-state index is -0.630. The van der Waals surface area contributed by atoms with E-state index in [0.717, 1.165) is 40.8 Å². The number of thioether (sulfide) groups is 1. The maximum Gasteiger partial charge on any atom is 0.237 e. The van der Waals surface area contributed by atoms with Crippen LogP contribution in [0.15, 0.2) is 5.16 Å². The van der Waals surface area contributed by atoms with Crippen molar-refractivity contribution < 1.29 is 4.79 Å². The molecule has 1 rings (SSSR count). The van der Waals surface area contributed by atoms with E-state index >= 15 is 0 Å². The number of hydrogen-bond acceptors (Lipinski definition) is 5. The van der Waals surface area contributed by atoms with Crippen molar-refractivity contribution in [2.75, 3.05) is 12.3 Å². The molecule has 1 heterocycles. The van der Waals surface area contributed by atoms with Crippen molar-refractivity contribution in [1.29, 1.82) is 0 Å². The van der Waals surface area contributed by atoms with E-state index in [4.69, 9.17) is 5.73 Å². The summed E-state index contributed by atoms with van der Waals surface area (Å²) < 4.78 is 0. The van der Waals surface area contributed by atoms with Gasteiger partial charge in [0.2, 0.25) is 5.91 Å². The van der Waals surface area contributed by atoms with Crippen LogP contribution in [0.2, 0.25) is 0 Å². The van der Waals surface area contributed by atoms with Crippen molar-refractivity contribution in [3.8, 4) is 0 Å². The number of amides is 1. The third kappa shape index (κ3) is 4.97. The number of aryl methyl sites for hydroxylation is 2. The average molecular weight is 310 g/mol. The number of nitrogens with one attached hydrogen (secondary N) is 1. The van der Waals surface area contributed by atoms with Gasteiger partial charge in [-0.3, -0.25) is 4.79 Å². The summed E-state index contributed by atoms with van der Waals surface area (Å²) in [6.07, 6.45) is 1.60. The van der Waals surface area contributed by atoms with E-state index < -0.39 is 5.54 Å². The summed E-state index contributed by atoms with van der Waals surface area (Å²) in [4.78, 5) is 20.5. The summed E-state index contributed by atoms with van der Waals surface area (Å²) in [7, 11) is 0. The van der Waals surface area contributed by atoms with Gasteiger partial charge in [0.25, 0.3) is 0 Å². The Bertz CT molecular complexity index is 483. The van der Waals surface area contributed by atoms with Crippen LogP contribution in [-0.2, 0) is 4.79 Å². The molecule has 6 heteroatoms. The molecule has 0 saturated heterocycles. The highest BCUT2D eigenvalue weighted by atomic mass is 32.2. The molecule has 0 radical (unpaired) electrons. The lowest BCUT2D eigenvalue weighted by atomic mass is 9.95. The Labute approximate surface area is 131 Å². The highest BCUT2D eigenvalue weighted by Gasteiger charge is 2.28. The molecular weight excluding hydrogens is 284 g/mol. The van der Waals surface area contributed by atoms with Crippen molar-refractivity contribution in [3.05, 3.63) is 17.0 Å². The average Bonchev–Trinajstić information content (AvgIpc) is 2.41. The second kappa shape index (κ2) is 7.75. The SMILES string of the molecule is CCNC(C)(CCCSc1nc(C)c(C)c(C)n1)C(N)=O. The number of likely N-dealkylation sites (N-methyl/N-ethyl adjacent to an activating group) is 1. The highest BCUT2D eigenvalue weighted by molar-refractivity contribution is 7.99. The number of nitrogens with zero attached hydrogens (tertiary/aromatic N) is 2. The number of carbonyl (C=O) groups is 1. The number of hydrogen-bond donors (Lipinski definition) is 2. The van der Waals surface area contributed by atoms with Crippen LogP contribution < -0.4 is 11.1 Å². The molecule has 0 fully saturated rings. The predicted octanol–water partition coefficient (Wildman–Crippen LogP) is 2.13. The number of rotatable bonds is 8. The fourth-order valence-electron chi connectivity index (χ4n) is 2.08. The molecule has 1 amide bonds. The third-order valence-corrected chi connectivity index (χ3v) is 4.71. The quantitative estimate of drug-likeness (QED) is 0.437. The minimum absolute atomic E-state index is 0.298. The van der Waals surface area contributed by atoms with E-state index in [9.17, 15) is 4.79 Å². The molecule has 0 aliphatic rings. The fraction of sp³-hybridized carbons (Fsp3) is 0.667. The largest absolute Gasteiger partial charge is 0.368 e. The second-order valence-electron chi connectivity index (χ2n) is 5.48. The first-order chi connectivity index (χ1) is 9.80. The molecule has 0 aliphatic heterocycles. The van der Waals surface area contributed by atoms with Gasteiger partial charge in [-0.1, -0.05) is 18.7 Å². The molecule has 0 saturated carbocycles. The van der Waals surface area contributed by atoms with Gasteiger partial charge in [0.15, 0.2) is 5.16 Å². The van der Waals surface area contributed by atoms with Crippen LogP contribution in [0, 0.1) is 20.8 Å². The molecule has 5 nitrogen and oxygen atoms in total. The Hall–Kier alpha value is -1.14. The second-order valence-corrected chi connectivity index (χ2v) is 6.54. The Balaban J connectivity index is 2.52. The molecule has 0 aliphatic carbocycles. The zero-order valence-corrected chi connectivity index (χ0v) is 14.4. The Morgan fingerprint density at radius 1 is 1.29 bits per heavy atom. The van der Waals surface area contributed by atoms with Crippen LogP contribution in [0.1, 0.15) is 43.6 Å². The van der Waals surface area contributed by atoms with E-state index in [-0.39, 0.29) is 5.91 Å². The Kier molecular flexibility index (Phi) is 6.61. The molecule has 3 N–H and O–H groups in total. The smallest absolute Gasteiger partial charge is 0.237 e. The van der Waals surface area contributed by atoms with Gasteiger partial charge in [0.1, 0.15) is 0 Å². The van der Waals surface area contributed by atoms with Crippen LogP contribution in [0.4, 0.5) is 0 Å². The van der Waals surface area contributed by atoms with Gasteiger partial charge in [0, 0.05) is 17.1 Å². The monoisotopic (exact) mass is 310 g/mol. The van der Waals surface area contributed by atoms with Crippen LogP contribution >= 0.6 is 11.8 Å². The Morgan fingerprint density at radius 2 is 1.86 bits per heavy atom. The maximum atomic E-state index is 11.5. The van der Waals surface area contributed by atoms with E-state index in [1.165, 1.54) is 0 Å². The molecule has 0 aromatic carbocycles. The lowest BCUT2D eigenvalue weighted by Gasteiger charge is -2.26. The molecule has 21 heavy (non-hydrogen) atoms. The van der Waals surface area contributed by atoms with Gasteiger partial charge in [0.05, 0.1) is 5.54 Å². The number of nitrogens with two attached hydrogens (primary N) is 1. The summed E-state index contributed by atoms with van der Waals surface area (Å²) in [5.41, 5.74) is 8.05. The van der Waals surface area contributed by atoms with E-state index in [0.29, 0.717) is 6.42 Å². The first-order valence-electron chi connectivity index (χ1n) is 7.29. The first-order valence-corrected chi connectivity index (χ1v) is 8.28. The zero-order chi connectivity index (χ0) is 16.0. The standard InChI is InChI=1S/C15H26N4OS/c1-6-17-15(5,13(16)20)8-7-9-21-14-18-11(3)10(2)12(4)19-14/h17H,6-9H2,1-5H3,(H2,16,20). The third-order valence-electron chi connectivity index (χ3n) is 3.78. The molecule has 1 aromatic heterocycles. The van der Waals surface area contributed by atoms with Gasteiger partial charge in [-0.15, -0.1) is 0 Å². The molecule has 1 aromatic rings. The summed E-state index contributed by atoms with van der Waals surface area (Å²) in [6.45, 7) is 10.6. The van der Waals surface area contributed by atoms with Crippen LogP contribution in [0.3, 0.4) is 0 Å². The van der Waals surface area contributed by atoms with E-state index in [2.05, 4.69) is 15.3 Å². The summed E-state index contributed by atoms with van der Waals surface area (Å²) in [6, 6.07) is 0. The van der Waals surface area contributed by atoms with Crippen LogP contribution in [0.25, 0.3) is 0 Å². The van der Waals surface area contributed by atoms with Crippen LogP contribution in [-0.4, -0.2) is 33.7 Å². The topological polar surface area (TPSA) is 80.9 Å².